The molecule has 0 saturated heterocycles. The minimum Gasteiger partial charge on any atom is -0.508 e. The fourth-order valence-corrected chi connectivity index (χ4v) is 7.09. The van der Waals surface area contributed by atoms with Crippen LogP contribution in [0.4, 0.5) is 0 Å². The number of benzene rings is 1. The molecule has 0 aromatic heterocycles. The average molecular weight is 415 g/mol. The van der Waals surface area contributed by atoms with Crippen molar-refractivity contribution in [1.82, 2.24) is 0 Å². The van der Waals surface area contributed by atoms with Gasteiger partial charge in [0, 0.05) is 8.07 Å². The van der Waals surface area contributed by atoms with Crippen molar-refractivity contribution in [3.05, 3.63) is 22.2 Å². The van der Waals surface area contributed by atoms with Crippen molar-refractivity contribution >= 4 is 24.0 Å². The van der Waals surface area contributed by atoms with Gasteiger partial charge in [-0.1, -0.05) is 39.4 Å². The molecular formula is C19H31BrO3Si. The van der Waals surface area contributed by atoms with E-state index in [0.717, 1.165) is 41.1 Å². The van der Waals surface area contributed by atoms with Crippen LogP contribution < -0.4 is 4.74 Å². The predicted octanol–water partition coefficient (Wildman–Crippen LogP) is 5.21. The third-order valence-corrected chi connectivity index (χ3v) is 7.57. The highest BCUT2D eigenvalue weighted by Crippen LogP contribution is 2.45. The molecule has 2 N–H and O–H groups in total. The Morgan fingerprint density at radius 1 is 1.33 bits per heavy atom. The standard InChI is InChI=1S/C19H31BrO3Si/c1-13-7-6-8-19(22,12-24(3,4)5)15(13)9-14-10-18(23-2)16(20)11-17(14)21/h10-11,13,15,21-22H,6-9,12H2,1-5H3/t13-,15+,19?/m0/s1. The Morgan fingerprint density at radius 3 is 2.58 bits per heavy atom. The summed E-state index contributed by atoms with van der Waals surface area (Å²) < 4.78 is 6.13. The molecule has 1 aliphatic carbocycles. The van der Waals surface area contributed by atoms with Crippen LogP contribution in [-0.4, -0.2) is 31.0 Å². The Hall–Kier alpha value is -0.523. The highest BCUT2D eigenvalue weighted by molar-refractivity contribution is 9.10. The van der Waals surface area contributed by atoms with Crippen LogP contribution in [0.25, 0.3) is 0 Å². The lowest BCUT2D eigenvalue weighted by Crippen LogP contribution is -2.49. The van der Waals surface area contributed by atoms with Gasteiger partial charge in [0.25, 0.3) is 0 Å². The largest absolute Gasteiger partial charge is 0.508 e. The highest BCUT2D eigenvalue weighted by Gasteiger charge is 2.45. The van der Waals surface area contributed by atoms with Crippen molar-refractivity contribution in [3.63, 3.8) is 0 Å². The summed E-state index contributed by atoms with van der Waals surface area (Å²) >= 11 is 3.41. The number of hydrogen-bond donors (Lipinski definition) is 2. The minimum atomic E-state index is -1.39. The molecular weight excluding hydrogens is 384 g/mol. The molecule has 0 radical (unpaired) electrons. The molecule has 24 heavy (non-hydrogen) atoms. The first-order valence-corrected chi connectivity index (χ1v) is 13.3. The first-order chi connectivity index (χ1) is 11.1. The molecule has 1 saturated carbocycles. The van der Waals surface area contributed by atoms with Crippen molar-refractivity contribution in [3.8, 4) is 11.5 Å². The van der Waals surface area contributed by atoms with Crippen molar-refractivity contribution in [2.75, 3.05) is 7.11 Å². The molecule has 1 fully saturated rings. The molecule has 5 heteroatoms. The Bertz CT molecular complexity index is 585. The zero-order chi connectivity index (χ0) is 18.1. The normalized spacial score (nSPS) is 28.0. The van der Waals surface area contributed by atoms with Gasteiger partial charge in [0.1, 0.15) is 11.5 Å². The van der Waals surface area contributed by atoms with E-state index < -0.39 is 13.7 Å². The molecule has 0 amide bonds. The maximum absolute atomic E-state index is 11.5. The number of phenolic OH excluding ortho intramolecular Hbond substituents is 1. The zero-order valence-corrected chi connectivity index (χ0v) is 18.1. The molecule has 1 aliphatic rings. The number of ether oxygens (including phenoxy) is 1. The Balaban J connectivity index is 2.33. The van der Waals surface area contributed by atoms with Crippen LogP contribution in [0.3, 0.4) is 0 Å². The van der Waals surface area contributed by atoms with E-state index >= 15 is 0 Å². The zero-order valence-electron chi connectivity index (χ0n) is 15.5. The number of methoxy groups -OCH3 is 1. The van der Waals surface area contributed by atoms with Crippen molar-refractivity contribution in [2.45, 2.75) is 63.9 Å². The van der Waals surface area contributed by atoms with Crippen LogP contribution >= 0.6 is 15.9 Å². The second kappa shape index (κ2) is 7.38. The van der Waals surface area contributed by atoms with E-state index in [1.165, 1.54) is 0 Å². The topological polar surface area (TPSA) is 49.7 Å². The van der Waals surface area contributed by atoms with Gasteiger partial charge >= 0.3 is 0 Å². The van der Waals surface area contributed by atoms with Crippen LogP contribution in [0.15, 0.2) is 16.6 Å². The fourth-order valence-electron chi connectivity index (χ4n) is 4.32. The average Bonchev–Trinajstić information content (AvgIpc) is 2.43. The first kappa shape index (κ1) is 19.8. The van der Waals surface area contributed by atoms with E-state index in [4.69, 9.17) is 4.74 Å². The van der Waals surface area contributed by atoms with Gasteiger partial charge in [-0.2, -0.15) is 0 Å². The maximum Gasteiger partial charge on any atom is 0.133 e. The molecule has 1 unspecified atom stereocenters. The van der Waals surface area contributed by atoms with Crippen molar-refractivity contribution in [1.29, 1.82) is 0 Å². The predicted molar refractivity (Wildman–Crippen MR) is 106 cm³/mol. The van der Waals surface area contributed by atoms with Crippen LogP contribution in [0.2, 0.25) is 25.7 Å². The van der Waals surface area contributed by atoms with E-state index in [-0.39, 0.29) is 11.7 Å². The van der Waals surface area contributed by atoms with E-state index in [2.05, 4.69) is 42.5 Å². The summed E-state index contributed by atoms with van der Waals surface area (Å²) in [6.07, 6.45) is 3.81. The van der Waals surface area contributed by atoms with Crippen LogP contribution in [0, 0.1) is 11.8 Å². The summed E-state index contributed by atoms with van der Waals surface area (Å²) in [5.74, 6) is 1.62. The van der Waals surface area contributed by atoms with E-state index in [1.54, 1.807) is 13.2 Å². The molecule has 1 aromatic carbocycles. The lowest BCUT2D eigenvalue weighted by molar-refractivity contribution is -0.0558. The third-order valence-electron chi connectivity index (χ3n) is 5.28. The van der Waals surface area contributed by atoms with Gasteiger partial charge in [-0.3, -0.25) is 0 Å². The van der Waals surface area contributed by atoms with E-state index in [1.807, 2.05) is 6.07 Å². The molecule has 2 rings (SSSR count). The lowest BCUT2D eigenvalue weighted by atomic mass is 9.68. The summed E-state index contributed by atoms with van der Waals surface area (Å²) in [7, 11) is 0.240. The van der Waals surface area contributed by atoms with E-state index in [0.29, 0.717) is 12.3 Å². The number of aromatic hydroxyl groups is 1. The molecule has 0 bridgehead atoms. The molecule has 0 heterocycles. The Morgan fingerprint density at radius 2 is 2.00 bits per heavy atom. The molecule has 136 valence electrons. The van der Waals surface area contributed by atoms with Crippen LogP contribution in [-0.2, 0) is 6.42 Å². The van der Waals surface area contributed by atoms with Gasteiger partial charge in [0.2, 0.25) is 0 Å². The Labute approximate surface area is 155 Å². The summed E-state index contributed by atoms with van der Waals surface area (Å²) in [6, 6.07) is 4.51. The summed E-state index contributed by atoms with van der Waals surface area (Å²) in [5.41, 5.74) is 0.248. The van der Waals surface area contributed by atoms with E-state index in [9.17, 15) is 10.2 Å². The minimum absolute atomic E-state index is 0.176. The van der Waals surface area contributed by atoms with Gasteiger partial charge in [-0.25, -0.2) is 0 Å². The fraction of sp³-hybridized carbons (Fsp3) is 0.684. The quantitative estimate of drug-likeness (QED) is 0.649. The molecule has 3 nitrogen and oxygen atoms in total. The smallest absolute Gasteiger partial charge is 0.133 e. The van der Waals surface area contributed by atoms with Crippen molar-refractivity contribution < 1.29 is 14.9 Å². The van der Waals surface area contributed by atoms with Gasteiger partial charge < -0.3 is 14.9 Å². The third kappa shape index (κ3) is 4.55. The van der Waals surface area contributed by atoms with Gasteiger partial charge in [-0.05, 0) is 64.3 Å². The van der Waals surface area contributed by atoms with Gasteiger partial charge in [-0.15, -0.1) is 0 Å². The van der Waals surface area contributed by atoms with Gasteiger partial charge in [0.05, 0.1) is 17.2 Å². The van der Waals surface area contributed by atoms with Crippen LogP contribution in [0.1, 0.15) is 31.7 Å². The second-order valence-corrected chi connectivity index (χ2v) is 15.0. The number of phenols is 1. The highest BCUT2D eigenvalue weighted by atomic mass is 79.9. The summed E-state index contributed by atoms with van der Waals surface area (Å²) in [5, 5.41) is 21.9. The number of rotatable bonds is 5. The number of aliphatic hydroxyl groups is 1. The lowest BCUT2D eigenvalue weighted by Gasteiger charge is -2.46. The molecule has 0 spiro atoms. The van der Waals surface area contributed by atoms with Gasteiger partial charge in [0.15, 0.2) is 0 Å². The SMILES string of the molecule is COc1cc(C[C@@H]2[C@@H](C)CCCC2(O)C[Si](C)(C)C)c(O)cc1Br. The molecule has 0 aliphatic heterocycles. The number of hydrogen-bond acceptors (Lipinski definition) is 3. The van der Waals surface area contributed by atoms with Crippen LogP contribution in [0.5, 0.6) is 11.5 Å². The molecule has 1 aromatic rings. The van der Waals surface area contributed by atoms with Crippen molar-refractivity contribution in [2.24, 2.45) is 11.8 Å². The first-order valence-electron chi connectivity index (χ1n) is 8.83. The number of halogens is 1. The summed E-state index contributed by atoms with van der Waals surface area (Å²) in [4.78, 5) is 0. The maximum atomic E-state index is 11.5. The monoisotopic (exact) mass is 414 g/mol. The Kier molecular flexibility index (Phi) is 6.09. The molecule has 3 atom stereocenters. The summed E-state index contributed by atoms with van der Waals surface area (Å²) in [6.45, 7) is 9.20. The second-order valence-electron chi connectivity index (χ2n) is 8.64.